The lowest BCUT2D eigenvalue weighted by molar-refractivity contribution is -0.133. The fourth-order valence-corrected chi connectivity index (χ4v) is 4.56. The lowest BCUT2D eigenvalue weighted by atomic mass is 10.2. The van der Waals surface area contributed by atoms with Crippen molar-refractivity contribution in [3.63, 3.8) is 0 Å². The van der Waals surface area contributed by atoms with Crippen molar-refractivity contribution in [2.75, 3.05) is 19.6 Å². The molecule has 3 aromatic rings. The van der Waals surface area contributed by atoms with Crippen LogP contribution in [0.3, 0.4) is 0 Å². The van der Waals surface area contributed by atoms with E-state index in [-0.39, 0.29) is 36.0 Å². The zero-order chi connectivity index (χ0) is 25.1. The van der Waals surface area contributed by atoms with Crippen LogP contribution in [0, 0.1) is 12.7 Å². The Morgan fingerprint density at radius 1 is 1.03 bits per heavy atom. The van der Waals surface area contributed by atoms with E-state index in [1.54, 1.807) is 16.8 Å². The zero-order valence-electron chi connectivity index (χ0n) is 20.8. The molecule has 0 radical (unpaired) electrons. The van der Waals surface area contributed by atoms with E-state index >= 15 is 0 Å². The lowest BCUT2D eigenvalue weighted by Crippen LogP contribution is -2.42. The number of benzene rings is 2. The summed E-state index contributed by atoms with van der Waals surface area (Å²) in [5.41, 5.74) is 3.11. The van der Waals surface area contributed by atoms with E-state index in [2.05, 4.69) is 0 Å². The Hall–Kier alpha value is -3.23. The third-order valence-electron chi connectivity index (χ3n) is 6.62. The predicted octanol–water partition coefficient (Wildman–Crippen LogP) is 3.26. The molecule has 186 valence electrons. The number of hydrogen-bond donors (Lipinski definition) is 0. The molecule has 1 aliphatic heterocycles. The molecule has 0 bridgehead atoms. The van der Waals surface area contributed by atoms with E-state index in [1.165, 1.54) is 12.1 Å². The van der Waals surface area contributed by atoms with Crippen LogP contribution in [0.25, 0.3) is 5.69 Å². The van der Waals surface area contributed by atoms with Crippen LogP contribution in [0.5, 0.6) is 0 Å². The minimum absolute atomic E-state index is 0.0184. The number of para-hydroxylation sites is 1. The first-order valence-corrected chi connectivity index (χ1v) is 12.0. The first-order chi connectivity index (χ1) is 16.7. The van der Waals surface area contributed by atoms with Crippen LogP contribution in [0.2, 0.25) is 0 Å². The highest BCUT2D eigenvalue weighted by Gasteiger charge is 2.31. The molecule has 0 N–H and O–H groups in total. The van der Waals surface area contributed by atoms with Gasteiger partial charge in [-0.1, -0.05) is 30.3 Å². The van der Waals surface area contributed by atoms with Gasteiger partial charge in [-0.2, -0.15) is 0 Å². The van der Waals surface area contributed by atoms with E-state index in [4.69, 9.17) is 4.74 Å². The standard InChI is InChI=1S/C27H33FN4O3/c1-19(2)31-15-24(35-18-21-10-12-22(28)13-11-21)14-30(17-26(31)33)16-25-20(3)29(4)32(27(25)34)23-8-6-5-7-9-23/h5-13,19,24H,14-18H2,1-4H3. The molecule has 7 nitrogen and oxygen atoms in total. The maximum Gasteiger partial charge on any atom is 0.276 e. The number of carbonyl (C=O) groups is 1. The van der Waals surface area contributed by atoms with Crippen LogP contribution in [0.4, 0.5) is 4.39 Å². The highest BCUT2D eigenvalue weighted by molar-refractivity contribution is 5.79. The first-order valence-electron chi connectivity index (χ1n) is 12.0. The van der Waals surface area contributed by atoms with Crippen molar-refractivity contribution in [3.05, 3.63) is 87.6 Å². The smallest absolute Gasteiger partial charge is 0.276 e. The molecule has 2 heterocycles. The molecule has 1 saturated heterocycles. The summed E-state index contributed by atoms with van der Waals surface area (Å²) < 4.78 is 23.0. The number of nitrogens with zero attached hydrogens (tertiary/aromatic N) is 4. The van der Waals surface area contributed by atoms with Crippen LogP contribution < -0.4 is 5.56 Å². The molecule has 1 aliphatic rings. The molecule has 0 aliphatic carbocycles. The molecule has 0 spiro atoms. The quantitative estimate of drug-likeness (QED) is 0.521. The van der Waals surface area contributed by atoms with Gasteiger partial charge in [0.15, 0.2) is 0 Å². The molecular weight excluding hydrogens is 447 g/mol. The summed E-state index contributed by atoms with van der Waals surface area (Å²) >= 11 is 0. The van der Waals surface area contributed by atoms with Crippen molar-refractivity contribution >= 4 is 5.91 Å². The fraction of sp³-hybridized carbons (Fsp3) is 0.407. The van der Waals surface area contributed by atoms with Gasteiger partial charge in [0.25, 0.3) is 5.56 Å². The lowest BCUT2D eigenvalue weighted by Gasteiger charge is -2.27. The highest BCUT2D eigenvalue weighted by atomic mass is 19.1. The van der Waals surface area contributed by atoms with Crippen LogP contribution in [0.1, 0.15) is 30.7 Å². The zero-order valence-corrected chi connectivity index (χ0v) is 20.8. The van der Waals surface area contributed by atoms with Crippen molar-refractivity contribution in [1.29, 1.82) is 0 Å². The van der Waals surface area contributed by atoms with E-state index in [0.717, 1.165) is 16.9 Å². The Bertz CT molecular complexity index is 1220. The third kappa shape index (κ3) is 5.55. The average Bonchev–Trinajstić information content (AvgIpc) is 2.95. The maximum absolute atomic E-state index is 13.4. The van der Waals surface area contributed by atoms with Gasteiger partial charge in [-0.15, -0.1) is 0 Å². The Balaban J connectivity index is 1.57. The average molecular weight is 481 g/mol. The Morgan fingerprint density at radius 2 is 1.71 bits per heavy atom. The SMILES string of the molecule is Cc1c(CN2CC(=O)N(C(C)C)CC(OCc3ccc(F)cc3)C2)c(=O)n(-c2ccccc2)n1C. The van der Waals surface area contributed by atoms with Crippen molar-refractivity contribution in [2.45, 2.75) is 46.1 Å². The second kappa shape index (κ2) is 10.6. The summed E-state index contributed by atoms with van der Waals surface area (Å²) in [5, 5.41) is 0. The topological polar surface area (TPSA) is 59.7 Å². The van der Waals surface area contributed by atoms with Gasteiger partial charge in [0.1, 0.15) is 5.82 Å². The molecular formula is C27H33FN4O3. The second-order valence-corrected chi connectivity index (χ2v) is 9.41. The normalized spacial score (nSPS) is 17.3. The molecule has 4 rings (SSSR count). The van der Waals surface area contributed by atoms with Gasteiger partial charge in [0, 0.05) is 38.4 Å². The van der Waals surface area contributed by atoms with Crippen molar-refractivity contribution < 1.29 is 13.9 Å². The van der Waals surface area contributed by atoms with Crippen LogP contribution >= 0.6 is 0 Å². The minimum Gasteiger partial charge on any atom is -0.370 e. The molecule has 1 atom stereocenters. The van der Waals surface area contributed by atoms with Crippen LogP contribution in [-0.4, -0.2) is 56.9 Å². The van der Waals surface area contributed by atoms with E-state index in [1.807, 2.05) is 72.6 Å². The predicted molar refractivity (Wildman–Crippen MR) is 133 cm³/mol. The van der Waals surface area contributed by atoms with Crippen LogP contribution in [-0.2, 0) is 29.7 Å². The highest BCUT2D eigenvalue weighted by Crippen LogP contribution is 2.17. The van der Waals surface area contributed by atoms with Gasteiger partial charge in [-0.25, -0.2) is 9.07 Å². The number of rotatable bonds is 7. The molecule has 1 fully saturated rings. The Labute approximate surface area is 205 Å². The largest absolute Gasteiger partial charge is 0.370 e. The Kier molecular flexibility index (Phi) is 7.52. The first kappa shape index (κ1) is 24.9. The molecule has 1 unspecified atom stereocenters. The van der Waals surface area contributed by atoms with Gasteiger partial charge < -0.3 is 9.64 Å². The summed E-state index contributed by atoms with van der Waals surface area (Å²) in [6, 6.07) is 15.8. The van der Waals surface area contributed by atoms with Crippen molar-refractivity contribution in [1.82, 2.24) is 19.2 Å². The van der Waals surface area contributed by atoms with Crippen LogP contribution in [0.15, 0.2) is 59.4 Å². The van der Waals surface area contributed by atoms with Gasteiger partial charge in [0.2, 0.25) is 5.91 Å². The minimum atomic E-state index is -0.287. The third-order valence-corrected chi connectivity index (χ3v) is 6.62. The number of aromatic nitrogens is 2. The fourth-order valence-electron chi connectivity index (χ4n) is 4.56. The van der Waals surface area contributed by atoms with Gasteiger partial charge in [-0.05, 0) is 50.6 Å². The maximum atomic E-state index is 13.4. The van der Waals surface area contributed by atoms with E-state index in [9.17, 15) is 14.0 Å². The summed E-state index contributed by atoms with van der Waals surface area (Å²) in [5.74, 6) is -0.268. The molecule has 2 aromatic carbocycles. The number of halogens is 1. The monoisotopic (exact) mass is 480 g/mol. The summed E-state index contributed by atoms with van der Waals surface area (Å²) in [4.78, 5) is 30.3. The second-order valence-electron chi connectivity index (χ2n) is 9.41. The van der Waals surface area contributed by atoms with Crippen molar-refractivity contribution in [2.24, 2.45) is 7.05 Å². The molecule has 35 heavy (non-hydrogen) atoms. The van der Waals surface area contributed by atoms with Gasteiger partial charge in [0.05, 0.1) is 30.5 Å². The molecule has 8 heteroatoms. The molecule has 0 saturated carbocycles. The number of ether oxygens (including phenoxy) is 1. The van der Waals surface area contributed by atoms with Crippen molar-refractivity contribution in [3.8, 4) is 5.69 Å². The van der Waals surface area contributed by atoms with E-state index < -0.39 is 0 Å². The Morgan fingerprint density at radius 3 is 2.37 bits per heavy atom. The molecule has 1 aromatic heterocycles. The van der Waals surface area contributed by atoms with Gasteiger partial charge >= 0.3 is 0 Å². The number of carbonyl (C=O) groups excluding carboxylic acids is 1. The van der Waals surface area contributed by atoms with E-state index in [0.29, 0.717) is 31.8 Å². The van der Waals surface area contributed by atoms with Gasteiger partial charge in [-0.3, -0.25) is 19.2 Å². The number of amides is 1. The summed E-state index contributed by atoms with van der Waals surface area (Å²) in [6.45, 7) is 7.78. The number of hydrogen-bond acceptors (Lipinski definition) is 4. The summed E-state index contributed by atoms with van der Waals surface area (Å²) in [6.07, 6.45) is -0.241. The molecule has 1 amide bonds. The summed E-state index contributed by atoms with van der Waals surface area (Å²) in [7, 11) is 1.87.